The van der Waals surface area contributed by atoms with Gasteiger partial charge in [0.15, 0.2) is 0 Å². The van der Waals surface area contributed by atoms with E-state index < -0.39 is 11.6 Å². The van der Waals surface area contributed by atoms with Crippen molar-refractivity contribution in [3.05, 3.63) is 71.8 Å². The zero-order valence-corrected chi connectivity index (χ0v) is 9.42. The molecule has 0 saturated carbocycles. The van der Waals surface area contributed by atoms with Gasteiger partial charge in [-0.1, -0.05) is 60.7 Å². The van der Waals surface area contributed by atoms with Gasteiger partial charge in [-0.05, 0) is 11.1 Å². The largest absolute Gasteiger partial charge is 0.389 e. The molecule has 0 aliphatic heterocycles. The van der Waals surface area contributed by atoms with Gasteiger partial charge in [-0.3, -0.25) is 4.94 Å². The number of hydrogen-bond acceptors (Lipinski definition) is 3. The van der Waals surface area contributed by atoms with Gasteiger partial charge in [0, 0.05) is 4.53 Å². The van der Waals surface area contributed by atoms with Crippen LogP contribution in [0.1, 0.15) is 11.1 Å². The van der Waals surface area contributed by atoms with Gasteiger partial charge in [-0.2, -0.15) is 0 Å². The molecule has 0 bridgehead atoms. The van der Waals surface area contributed by atoms with Crippen molar-refractivity contribution >= 4 is 5.97 Å². The van der Waals surface area contributed by atoms with Crippen molar-refractivity contribution in [1.82, 2.24) is 0 Å². The zero-order chi connectivity index (χ0) is 13.0. The normalized spacial score (nSPS) is 11.0. The molecular weight excluding hydrogens is 235 g/mol. The maximum Gasteiger partial charge on any atom is 0.389 e. The smallest absolute Gasteiger partial charge is 0.370 e. The predicted molar refractivity (Wildman–Crippen MR) is 63.1 cm³/mol. The summed E-state index contributed by atoms with van der Waals surface area (Å²) in [5, 5.41) is 10.5. The van der Waals surface area contributed by atoms with Crippen molar-refractivity contribution in [2.75, 3.05) is 0 Å². The molecule has 0 heterocycles. The lowest BCUT2D eigenvalue weighted by atomic mass is 9.86. The maximum atomic E-state index is 12.2. The first kappa shape index (κ1) is 12.3. The Bertz CT molecular complexity index is 486. The highest BCUT2D eigenvalue weighted by Crippen LogP contribution is 2.30. The van der Waals surface area contributed by atoms with Crippen LogP contribution in [0.15, 0.2) is 60.7 Å². The van der Waals surface area contributed by atoms with E-state index in [1.807, 2.05) is 0 Å². The third-order valence-corrected chi connectivity index (χ3v) is 2.75. The van der Waals surface area contributed by atoms with E-state index in [1.165, 1.54) is 24.3 Å². The van der Waals surface area contributed by atoms with E-state index in [0.717, 1.165) is 0 Å². The molecule has 0 aliphatic rings. The molecule has 3 nitrogen and oxygen atoms in total. The van der Waals surface area contributed by atoms with Crippen LogP contribution in [0.5, 0.6) is 0 Å². The predicted octanol–water partition coefficient (Wildman–Crippen LogP) is 2.35. The van der Waals surface area contributed by atoms with Gasteiger partial charge < -0.3 is 5.11 Å². The van der Waals surface area contributed by atoms with E-state index in [0.29, 0.717) is 0 Å². The van der Waals surface area contributed by atoms with Crippen LogP contribution in [-0.2, 0) is 15.3 Å². The molecule has 0 spiro atoms. The van der Waals surface area contributed by atoms with Crippen LogP contribution in [0.2, 0.25) is 0 Å². The van der Waals surface area contributed by atoms with Crippen molar-refractivity contribution < 1.29 is 19.4 Å². The summed E-state index contributed by atoms with van der Waals surface area (Å²) in [7, 11) is 0. The molecule has 18 heavy (non-hydrogen) atoms. The van der Waals surface area contributed by atoms with Crippen LogP contribution in [0, 0.1) is 0 Å². The molecule has 4 heteroatoms. The average molecular weight is 246 g/mol. The molecule has 2 rings (SSSR count). The molecule has 2 aromatic rings. The molecule has 2 aromatic carbocycles. The average Bonchev–Trinajstić information content (AvgIpc) is 2.47. The Morgan fingerprint density at radius 2 is 1.33 bits per heavy atom. The standard InChI is InChI=1S/C14H11FO3/c15-18-13(16)14(17,11-7-3-1-4-8-11)12-9-5-2-6-10-12/h1-10,17H. The molecule has 0 aromatic heterocycles. The number of carbonyl (C=O) groups is 1. The summed E-state index contributed by atoms with van der Waals surface area (Å²) in [5.74, 6) is -1.36. The highest BCUT2D eigenvalue weighted by molar-refractivity contribution is 5.84. The second kappa shape index (κ2) is 4.98. The number of halogens is 1. The van der Waals surface area contributed by atoms with Gasteiger partial charge in [0.2, 0.25) is 5.60 Å². The summed E-state index contributed by atoms with van der Waals surface area (Å²) in [6.07, 6.45) is 0. The van der Waals surface area contributed by atoms with Crippen molar-refractivity contribution in [2.45, 2.75) is 5.60 Å². The van der Waals surface area contributed by atoms with Crippen LogP contribution in [-0.4, -0.2) is 11.1 Å². The lowest BCUT2D eigenvalue weighted by Crippen LogP contribution is -2.37. The SMILES string of the molecule is O=C(OF)C(O)(c1ccccc1)c1ccccc1. The van der Waals surface area contributed by atoms with Crippen molar-refractivity contribution in [1.29, 1.82) is 0 Å². The number of benzene rings is 2. The Balaban J connectivity index is 2.59. The van der Waals surface area contributed by atoms with Crippen molar-refractivity contribution in [2.24, 2.45) is 0 Å². The van der Waals surface area contributed by atoms with Crippen molar-refractivity contribution in [3.8, 4) is 0 Å². The zero-order valence-electron chi connectivity index (χ0n) is 9.42. The Morgan fingerprint density at radius 3 is 1.67 bits per heavy atom. The second-order valence-corrected chi connectivity index (χ2v) is 3.81. The van der Waals surface area contributed by atoms with Crippen LogP contribution in [0.25, 0.3) is 0 Å². The molecule has 0 unspecified atom stereocenters. The van der Waals surface area contributed by atoms with E-state index in [9.17, 15) is 14.4 Å². The van der Waals surface area contributed by atoms with E-state index in [2.05, 4.69) is 4.94 Å². The van der Waals surface area contributed by atoms with Crippen LogP contribution in [0.3, 0.4) is 0 Å². The van der Waals surface area contributed by atoms with E-state index in [-0.39, 0.29) is 11.1 Å². The van der Waals surface area contributed by atoms with Gasteiger partial charge in [0.25, 0.3) is 0 Å². The number of rotatable bonds is 3. The highest BCUT2D eigenvalue weighted by Gasteiger charge is 2.42. The summed E-state index contributed by atoms with van der Waals surface area (Å²) >= 11 is 0. The molecule has 0 aliphatic carbocycles. The van der Waals surface area contributed by atoms with Gasteiger partial charge in [0.05, 0.1) is 0 Å². The van der Waals surface area contributed by atoms with E-state index in [4.69, 9.17) is 0 Å². The summed E-state index contributed by atoms with van der Waals surface area (Å²) < 4.78 is 12.2. The number of hydrogen-bond donors (Lipinski definition) is 1. The molecule has 0 radical (unpaired) electrons. The highest BCUT2D eigenvalue weighted by atomic mass is 19.3. The van der Waals surface area contributed by atoms with Crippen LogP contribution < -0.4 is 0 Å². The van der Waals surface area contributed by atoms with Crippen LogP contribution >= 0.6 is 0 Å². The monoisotopic (exact) mass is 246 g/mol. The lowest BCUT2D eigenvalue weighted by molar-refractivity contribution is -0.202. The summed E-state index contributed by atoms with van der Waals surface area (Å²) in [5.41, 5.74) is -1.64. The van der Waals surface area contributed by atoms with Gasteiger partial charge >= 0.3 is 5.97 Å². The van der Waals surface area contributed by atoms with E-state index in [1.54, 1.807) is 36.4 Å². The minimum Gasteiger partial charge on any atom is -0.370 e. The fourth-order valence-corrected chi connectivity index (χ4v) is 1.82. The number of aliphatic hydroxyl groups is 1. The molecule has 0 saturated heterocycles. The summed E-state index contributed by atoms with van der Waals surface area (Å²) in [6, 6.07) is 16.2. The summed E-state index contributed by atoms with van der Waals surface area (Å²) in [4.78, 5) is 14.8. The molecule has 0 amide bonds. The third kappa shape index (κ3) is 1.98. The first-order valence-electron chi connectivity index (χ1n) is 5.36. The Morgan fingerprint density at radius 1 is 0.944 bits per heavy atom. The minimum absolute atomic E-state index is 0.249. The lowest BCUT2D eigenvalue weighted by Gasteiger charge is -2.24. The third-order valence-electron chi connectivity index (χ3n) is 2.75. The van der Waals surface area contributed by atoms with Gasteiger partial charge in [-0.15, -0.1) is 0 Å². The van der Waals surface area contributed by atoms with E-state index >= 15 is 0 Å². The fourth-order valence-electron chi connectivity index (χ4n) is 1.82. The Hall–Kier alpha value is -2.20. The molecule has 1 N–H and O–H groups in total. The van der Waals surface area contributed by atoms with Crippen molar-refractivity contribution in [3.63, 3.8) is 0 Å². The molecule has 92 valence electrons. The number of carbonyl (C=O) groups excluding carboxylic acids is 1. The van der Waals surface area contributed by atoms with Crippen LogP contribution in [0.4, 0.5) is 4.53 Å². The fraction of sp³-hybridized carbons (Fsp3) is 0.0714. The van der Waals surface area contributed by atoms with Gasteiger partial charge in [0.1, 0.15) is 0 Å². The Labute approximate surface area is 103 Å². The molecule has 0 atom stereocenters. The second-order valence-electron chi connectivity index (χ2n) is 3.81. The topological polar surface area (TPSA) is 46.5 Å². The van der Waals surface area contributed by atoms with Gasteiger partial charge in [-0.25, -0.2) is 4.79 Å². The Kier molecular flexibility index (Phi) is 3.39. The molecular formula is C14H11FO3. The minimum atomic E-state index is -2.14. The quantitative estimate of drug-likeness (QED) is 0.904. The first-order chi connectivity index (χ1) is 8.69. The molecule has 0 fully saturated rings. The maximum absolute atomic E-state index is 12.2. The first-order valence-corrected chi connectivity index (χ1v) is 5.36. The summed E-state index contributed by atoms with van der Waals surface area (Å²) in [6.45, 7) is 0.